The molecule has 0 fully saturated rings. The molecular formula is C15H18N2O3. The molecule has 0 spiro atoms. The Hall–Kier alpha value is -1.98. The number of nitrogens with zero attached hydrogens (tertiary/aromatic N) is 1. The Balaban J connectivity index is 2.01. The Morgan fingerprint density at radius 1 is 1.40 bits per heavy atom. The van der Waals surface area contributed by atoms with E-state index in [1.165, 1.54) is 7.11 Å². The average molecular weight is 274 g/mol. The Morgan fingerprint density at radius 2 is 2.20 bits per heavy atom. The number of hydrogen-bond acceptors (Lipinski definition) is 4. The summed E-state index contributed by atoms with van der Waals surface area (Å²) in [6, 6.07) is 9.48. The zero-order valence-corrected chi connectivity index (χ0v) is 11.4. The van der Waals surface area contributed by atoms with Gasteiger partial charge >= 0.3 is 0 Å². The summed E-state index contributed by atoms with van der Waals surface area (Å²) in [5.74, 6) is -0.230. The maximum atomic E-state index is 12.1. The topological polar surface area (TPSA) is 71.5 Å². The van der Waals surface area contributed by atoms with Crippen LogP contribution in [0.15, 0.2) is 36.5 Å². The molecule has 2 aromatic rings. The fraction of sp³-hybridized carbons (Fsp3) is 0.333. The van der Waals surface area contributed by atoms with Gasteiger partial charge in [0.05, 0.1) is 12.7 Å². The van der Waals surface area contributed by atoms with E-state index >= 15 is 0 Å². The average Bonchev–Trinajstić information content (AvgIpc) is 2.47. The second kappa shape index (κ2) is 6.98. The van der Waals surface area contributed by atoms with Crippen molar-refractivity contribution in [3.05, 3.63) is 42.2 Å². The minimum absolute atomic E-state index is 0.230. The maximum Gasteiger partial charge on any atom is 0.270 e. The van der Waals surface area contributed by atoms with Crippen molar-refractivity contribution in [2.45, 2.75) is 12.5 Å². The van der Waals surface area contributed by atoms with Gasteiger partial charge in [-0.05, 0) is 17.9 Å². The largest absolute Gasteiger partial charge is 0.391 e. The van der Waals surface area contributed by atoms with Crippen LogP contribution in [0.1, 0.15) is 16.9 Å². The predicted molar refractivity (Wildman–Crippen MR) is 76.6 cm³/mol. The molecule has 0 saturated carbocycles. The van der Waals surface area contributed by atoms with Gasteiger partial charge in [-0.3, -0.25) is 9.78 Å². The third kappa shape index (κ3) is 3.53. The summed E-state index contributed by atoms with van der Waals surface area (Å²) in [6.45, 7) is 0.649. The Morgan fingerprint density at radius 3 is 3.00 bits per heavy atom. The van der Waals surface area contributed by atoms with Crippen molar-refractivity contribution >= 4 is 16.7 Å². The molecule has 5 heteroatoms. The van der Waals surface area contributed by atoms with Crippen molar-refractivity contribution in [2.24, 2.45) is 0 Å². The molecule has 1 atom stereocenters. The van der Waals surface area contributed by atoms with Crippen LogP contribution in [0.4, 0.5) is 0 Å². The Bertz CT molecular complexity index is 581. The van der Waals surface area contributed by atoms with Crippen molar-refractivity contribution in [1.29, 1.82) is 0 Å². The molecule has 1 aromatic heterocycles. The fourth-order valence-electron chi connectivity index (χ4n) is 2.01. The molecule has 106 valence electrons. The highest BCUT2D eigenvalue weighted by Gasteiger charge is 2.11. The molecule has 0 saturated heterocycles. The summed E-state index contributed by atoms with van der Waals surface area (Å²) in [7, 11) is 1.53. The predicted octanol–water partition coefficient (Wildman–Crippen LogP) is 1.36. The SMILES string of the molecule is COCC(O)CCNC(=O)c1nccc2ccccc12. The van der Waals surface area contributed by atoms with Crippen LogP contribution >= 0.6 is 0 Å². The monoisotopic (exact) mass is 274 g/mol. The van der Waals surface area contributed by atoms with E-state index in [0.29, 0.717) is 18.7 Å². The summed E-state index contributed by atoms with van der Waals surface area (Å²) in [4.78, 5) is 16.3. The van der Waals surface area contributed by atoms with Crippen LogP contribution in [0.3, 0.4) is 0 Å². The summed E-state index contributed by atoms with van der Waals surface area (Å²) >= 11 is 0. The third-order valence-electron chi connectivity index (χ3n) is 3.01. The Kier molecular flexibility index (Phi) is 5.03. The lowest BCUT2D eigenvalue weighted by Gasteiger charge is -2.10. The number of aromatic nitrogens is 1. The number of carbonyl (C=O) groups excluding carboxylic acids is 1. The van der Waals surface area contributed by atoms with E-state index in [1.807, 2.05) is 30.3 Å². The van der Waals surface area contributed by atoms with Crippen LogP contribution in [0.25, 0.3) is 10.8 Å². The molecule has 2 N–H and O–H groups in total. The van der Waals surface area contributed by atoms with Gasteiger partial charge in [0.25, 0.3) is 5.91 Å². The smallest absolute Gasteiger partial charge is 0.270 e. The minimum Gasteiger partial charge on any atom is -0.391 e. The molecule has 1 unspecified atom stereocenters. The lowest BCUT2D eigenvalue weighted by Crippen LogP contribution is -2.29. The van der Waals surface area contributed by atoms with Gasteiger partial charge in [-0.15, -0.1) is 0 Å². The van der Waals surface area contributed by atoms with Crippen molar-refractivity contribution in [3.8, 4) is 0 Å². The highest BCUT2D eigenvalue weighted by molar-refractivity contribution is 6.05. The first-order valence-electron chi connectivity index (χ1n) is 6.51. The van der Waals surface area contributed by atoms with Crippen molar-refractivity contribution < 1.29 is 14.6 Å². The van der Waals surface area contributed by atoms with Crippen molar-refractivity contribution in [3.63, 3.8) is 0 Å². The maximum absolute atomic E-state index is 12.1. The minimum atomic E-state index is -0.569. The van der Waals surface area contributed by atoms with Crippen LogP contribution in [-0.4, -0.2) is 42.4 Å². The lowest BCUT2D eigenvalue weighted by atomic mass is 10.1. The molecule has 1 amide bonds. The third-order valence-corrected chi connectivity index (χ3v) is 3.01. The molecule has 0 aliphatic heterocycles. The van der Waals surface area contributed by atoms with E-state index in [4.69, 9.17) is 4.74 Å². The normalized spacial score (nSPS) is 12.3. The van der Waals surface area contributed by atoms with Gasteiger partial charge in [0.2, 0.25) is 0 Å². The van der Waals surface area contributed by atoms with Crippen LogP contribution in [0.5, 0.6) is 0 Å². The molecule has 0 radical (unpaired) electrons. The van der Waals surface area contributed by atoms with Gasteiger partial charge in [-0.25, -0.2) is 0 Å². The summed E-state index contributed by atoms with van der Waals surface area (Å²) in [6.07, 6.45) is 1.50. The standard InChI is InChI=1S/C15H18N2O3/c1-20-10-12(18)7-9-17-15(19)14-13-5-3-2-4-11(13)6-8-16-14/h2-6,8,12,18H,7,9-10H2,1H3,(H,17,19). The number of benzene rings is 1. The second-order valence-electron chi connectivity index (χ2n) is 4.53. The number of ether oxygens (including phenoxy) is 1. The first kappa shape index (κ1) is 14.4. The van der Waals surface area contributed by atoms with Gasteiger partial charge < -0.3 is 15.2 Å². The second-order valence-corrected chi connectivity index (χ2v) is 4.53. The van der Waals surface area contributed by atoms with Gasteiger partial charge in [-0.1, -0.05) is 24.3 Å². The van der Waals surface area contributed by atoms with Gasteiger partial charge in [0.15, 0.2) is 0 Å². The fourth-order valence-corrected chi connectivity index (χ4v) is 2.01. The molecule has 0 aliphatic rings. The van der Waals surface area contributed by atoms with E-state index in [9.17, 15) is 9.90 Å². The van der Waals surface area contributed by atoms with Crippen molar-refractivity contribution in [2.75, 3.05) is 20.3 Å². The van der Waals surface area contributed by atoms with Crippen molar-refractivity contribution in [1.82, 2.24) is 10.3 Å². The molecular weight excluding hydrogens is 256 g/mol. The van der Waals surface area contributed by atoms with E-state index in [0.717, 1.165) is 10.8 Å². The molecule has 1 aromatic carbocycles. The molecule has 1 heterocycles. The van der Waals surface area contributed by atoms with Gasteiger partial charge in [0, 0.05) is 25.2 Å². The van der Waals surface area contributed by atoms with Crippen LogP contribution in [-0.2, 0) is 4.74 Å². The van der Waals surface area contributed by atoms with Gasteiger partial charge in [-0.2, -0.15) is 0 Å². The summed E-state index contributed by atoms with van der Waals surface area (Å²) < 4.78 is 4.83. The van der Waals surface area contributed by atoms with E-state index < -0.39 is 6.10 Å². The number of fused-ring (bicyclic) bond motifs is 1. The van der Waals surface area contributed by atoms with E-state index in [1.54, 1.807) is 6.20 Å². The summed E-state index contributed by atoms with van der Waals surface area (Å²) in [5.41, 5.74) is 0.407. The molecule has 5 nitrogen and oxygen atoms in total. The molecule has 20 heavy (non-hydrogen) atoms. The van der Waals surface area contributed by atoms with Crippen LogP contribution < -0.4 is 5.32 Å². The number of rotatable bonds is 6. The van der Waals surface area contributed by atoms with E-state index in [-0.39, 0.29) is 12.5 Å². The molecule has 0 bridgehead atoms. The lowest BCUT2D eigenvalue weighted by molar-refractivity contribution is 0.0587. The number of methoxy groups -OCH3 is 1. The number of amides is 1. The molecule has 2 rings (SSSR count). The summed E-state index contributed by atoms with van der Waals surface area (Å²) in [5, 5.41) is 14.1. The van der Waals surface area contributed by atoms with Crippen LogP contribution in [0.2, 0.25) is 0 Å². The van der Waals surface area contributed by atoms with Gasteiger partial charge in [0.1, 0.15) is 5.69 Å². The first-order valence-corrected chi connectivity index (χ1v) is 6.51. The van der Waals surface area contributed by atoms with E-state index in [2.05, 4.69) is 10.3 Å². The Labute approximate surface area is 117 Å². The number of hydrogen-bond donors (Lipinski definition) is 2. The van der Waals surface area contributed by atoms with Crippen LogP contribution in [0, 0.1) is 0 Å². The number of nitrogens with one attached hydrogen (secondary N) is 1. The first-order chi connectivity index (χ1) is 9.72. The number of carbonyl (C=O) groups is 1. The quantitative estimate of drug-likeness (QED) is 0.834. The zero-order valence-electron chi connectivity index (χ0n) is 11.4. The zero-order chi connectivity index (χ0) is 14.4. The number of aliphatic hydroxyl groups excluding tert-OH is 1. The number of pyridine rings is 1. The highest BCUT2D eigenvalue weighted by Crippen LogP contribution is 2.15. The number of aliphatic hydroxyl groups is 1. The highest BCUT2D eigenvalue weighted by atomic mass is 16.5. The molecule has 0 aliphatic carbocycles.